The largest absolute Gasteiger partial charge is 0.490 e. The minimum absolute atomic E-state index is 0.293. The Bertz CT molecular complexity index is 1000. The number of nitrogens with one attached hydrogen (secondary N) is 2. The molecule has 8 nitrogen and oxygen atoms in total. The SMILES string of the molecule is Cc1ncn(-c2ccc(NC(=O)Nc3ccncc3)cc2)c1C.O=C(O)C(F)(F)F. The number of anilines is 2. The first kappa shape index (κ1) is 22.4. The minimum atomic E-state index is -5.08. The van der Waals surface area contributed by atoms with E-state index in [-0.39, 0.29) is 6.03 Å². The second-order valence-electron chi connectivity index (χ2n) is 5.95. The third-order valence-electron chi connectivity index (χ3n) is 3.84. The van der Waals surface area contributed by atoms with Crippen LogP contribution in [0.2, 0.25) is 0 Å². The first-order valence-corrected chi connectivity index (χ1v) is 8.47. The number of carboxylic acid groups (broad SMARTS) is 1. The predicted molar refractivity (Wildman–Crippen MR) is 104 cm³/mol. The van der Waals surface area contributed by atoms with Crippen molar-refractivity contribution < 1.29 is 27.9 Å². The summed E-state index contributed by atoms with van der Waals surface area (Å²) in [6.07, 6.45) is -0.0387. The van der Waals surface area contributed by atoms with Crippen LogP contribution in [0.4, 0.5) is 29.3 Å². The van der Waals surface area contributed by atoms with Gasteiger partial charge in [0.15, 0.2) is 0 Å². The molecule has 0 saturated heterocycles. The third-order valence-corrected chi connectivity index (χ3v) is 3.84. The molecule has 0 aliphatic rings. The highest BCUT2D eigenvalue weighted by Gasteiger charge is 2.38. The number of nitrogens with zero attached hydrogens (tertiary/aromatic N) is 3. The van der Waals surface area contributed by atoms with Crippen molar-refractivity contribution in [3.63, 3.8) is 0 Å². The number of pyridine rings is 1. The Balaban J connectivity index is 0.000000396. The van der Waals surface area contributed by atoms with Crippen LogP contribution in [0, 0.1) is 13.8 Å². The minimum Gasteiger partial charge on any atom is -0.475 e. The number of carbonyl (C=O) groups is 2. The van der Waals surface area contributed by atoms with Crippen molar-refractivity contribution in [3.05, 3.63) is 66.5 Å². The predicted octanol–water partition coefficient (Wildman–Crippen LogP) is 4.16. The van der Waals surface area contributed by atoms with E-state index in [0.717, 1.165) is 22.8 Å². The summed E-state index contributed by atoms with van der Waals surface area (Å²) in [5.41, 5.74) is 4.52. The zero-order valence-electron chi connectivity index (χ0n) is 15.9. The molecule has 3 aromatic rings. The van der Waals surface area contributed by atoms with Gasteiger partial charge in [-0.15, -0.1) is 0 Å². The molecule has 0 spiro atoms. The van der Waals surface area contributed by atoms with Crippen molar-refractivity contribution in [1.82, 2.24) is 14.5 Å². The van der Waals surface area contributed by atoms with Gasteiger partial charge in [0.1, 0.15) is 0 Å². The number of carbonyl (C=O) groups excluding carboxylic acids is 1. The van der Waals surface area contributed by atoms with Crippen LogP contribution in [0.1, 0.15) is 11.4 Å². The molecule has 0 radical (unpaired) electrons. The van der Waals surface area contributed by atoms with E-state index >= 15 is 0 Å². The zero-order chi connectivity index (χ0) is 22.3. The van der Waals surface area contributed by atoms with Gasteiger partial charge in [0.2, 0.25) is 0 Å². The van der Waals surface area contributed by atoms with Gasteiger partial charge in [0.05, 0.1) is 12.0 Å². The van der Waals surface area contributed by atoms with Crippen LogP contribution in [0.3, 0.4) is 0 Å². The number of rotatable bonds is 3. The first-order chi connectivity index (χ1) is 14.1. The van der Waals surface area contributed by atoms with E-state index < -0.39 is 12.1 Å². The molecular weight excluding hydrogens is 403 g/mol. The Morgan fingerprint density at radius 1 is 0.967 bits per heavy atom. The lowest BCUT2D eigenvalue weighted by Gasteiger charge is -2.09. The number of carboxylic acids is 1. The first-order valence-electron chi connectivity index (χ1n) is 8.47. The molecule has 0 aliphatic heterocycles. The summed E-state index contributed by atoms with van der Waals surface area (Å²) in [5.74, 6) is -2.76. The van der Waals surface area contributed by atoms with E-state index in [1.165, 1.54) is 0 Å². The summed E-state index contributed by atoms with van der Waals surface area (Å²) in [7, 11) is 0. The normalized spacial score (nSPS) is 10.6. The topological polar surface area (TPSA) is 109 Å². The Morgan fingerprint density at radius 3 is 1.90 bits per heavy atom. The maximum atomic E-state index is 11.9. The van der Waals surface area contributed by atoms with E-state index in [0.29, 0.717) is 5.69 Å². The number of aliphatic carboxylic acids is 1. The average molecular weight is 421 g/mol. The Kier molecular flexibility index (Phi) is 7.13. The summed E-state index contributed by atoms with van der Waals surface area (Å²) in [6.45, 7) is 4.00. The molecule has 11 heteroatoms. The van der Waals surface area contributed by atoms with Crippen molar-refractivity contribution >= 4 is 23.4 Å². The second-order valence-corrected chi connectivity index (χ2v) is 5.95. The fraction of sp³-hybridized carbons (Fsp3) is 0.158. The highest BCUT2D eigenvalue weighted by atomic mass is 19.4. The van der Waals surface area contributed by atoms with Crippen molar-refractivity contribution in [2.24, 2.45) is 0 Å². The number of hydrogen-bond donors (Lipinski definition) is 3. The molecule has 0 saturated carbocycles. The maximum Gasteiger partial charge on any atom is 0.490 e. The molecule has 0 unspecified atom stereocenters. The number of aryl methyl sites for hydroxylation is 1. The molecular formula is C19H18F3N5O3. The van der Waals surface area contributed by atoms with Gasteiger partial charge in [0.25, 0.3) is 0 Å². The number of halogens is 3. The highest BCUT2D eigenvalue weighted by molar-refractivity contribution is 5.99. The van der Waals surface area contributed by atoms with Gasteiger partial charge in [-0.25, -0.2) is 14.6 Å². The molecule has 0 fully saturated rings. The van der Waals surface area contributed by atoms with Gasteiger partial charge in [-0.1, -0.05) is 0 Å². The van der Waals surface area contributed by atoms with Crippen LogP contribution in [0.25, 0.3) is 5.69 Å². The molecule has 0 aliphatic carbocycles. The van der Waals surface area contributed by atoms with E-state index in [4.69, 9.17) is 9.90 Å². The average Bonchev–Trinajstić information content (AvgIpc) is 3.02. The standard InChI is InChI=1S/C17H17N5O.C2HF3O2/c1-12-13(2)22(11-19-12)16-5-3-14(4-6-16)20-17(23)21-15-7-9-18-10-8-15;3-2(4,5)1(6)7/h3-11H,1-2H3,(H2,18,20,21,23);(H,6,7). The van der Waals surface area contributed by atoms with Crippen molar-refractivity contribution in [2.45, 2.75) is 20.0 Å². The monoisotopic (exact) mass is 421 g/mol. The summed E-state index contributed by atoms with van der Waals surface area (Å²) in [4.78, 5) is 29.0. The molecule has 2 heterocycles. The number of hydrogen-bond acceptors (Lipinski definition) is 4. The molecule has 3 N–H and O–H groups in total. The van der Waals surface area contributed by atoms with Gasteiger partial charge in [0, 0.05) is 35.1 Å². The Morgan fingerprint density at radius 2 is 1.47 bits per heavy atom. The molecule has 0 bridgehead atoms. The summed E-state index contributed by atoms with van der Waals surface area (Å²) in [5, 5.41) is 12.7. The van der Waals surface area contributed by atoms with Crippen LogP contribution in [0.5, 0.6) is 0 Å². The van der Waals surface area contributed by atoms with E-state index in [9.17, 15) is 18.0 Å². The van der Waals surface area contributed by atoms with E-state index in [2.05, 4.69) is 20.6 Å². The van der Waals surface area contributed by atoms with Crippen LogP contribution in [-0.4, -0.2) is 37.8 Å². The third kappa shape index (κ3) is 6.33. The number of urea groups is 1. The second kappa shape index (κ2) is 9.54. The van der Waals surface area contributed by atoms with E-state index in [1.807, 2.05) is 42.7 Å². The summed E-state index contributed by atoms with van der Waals surface area (Å²) in [6, 6.07) is 10.8. The molecule has 30 heavy (non-hydrogen) atoms. The van der Waals surface area contributed by atoms with Gasteiger partial charge in [-0.2, -0.15) is 13.2 Å². The van der Waals surface area contributed by atoms with Gasteiger partial charge in [-0.05, 0) is 50.2 Å². The van der Waals surface area contributed by atoms with Crippen LogP contribution in [-0.2, 0) is 4.79 Å². The molecule has 3 rings (SSSR count). The van der Waals surface area contributed by atoms with Crippen LogP contribution in [0.15, 0.2) is 55.1 Å². The van der Waals surface area contributed by atoms with Gasteiger partial charge >= 0.3 is 18.2 Å². The molecule has 1 aromatic carbocycles. The fourth-order valence-electron chi connectivity index (χ4n) is 2.19. The quantitative estimate of drug-likeness (QED) is 0.588. The van der Waals surface area contributed by atoms with Gasteiger partial charge < -0.3 is 20.3 Å². The Labute approximate surface area is 169 Å². The summed E-state index contributed by atoms with van der Waals surface area (Å²) >= 11 is 0. The number of aromatic nitrogens is 3. The van der Waals surface area contributed by atoms with Crippen LogP contribution < -0.4 is 10.6 Å². The number of imidazole rings is 1. The van der Waals surface area contributed by atoms with Crippen molar-refractivity contribution in [2.75, 3.05) is 10.6 Å². The van der Waals surface area contributed by atoms with Crippen molar-refractivity contribution in [1.29, 1.82) is 0 Å². The maximum absolute atomic E-state index is 11.9. The Hall–Kier alpha value is -3.89. The summed E-state index contributed by atoms with van der Waals surface area (Å²) < 4.78 is 33.7. The smallest absolute Gasteiger partial charge is 0.475 e. The number of benzene rings is 1. The molecule has 158 valence electrons. The fourth-order valence-corrected chi connectivity index (χ4v) is 2.19. The molecule has 2 amide bonds. The van der Waals surface area contributed by atoms with Crippen LogP contribution >= 0.6 is 0 Å². The lowest BCUT2D eigenvalue weighted by atomic mass is 10.2. The molecule has 0 atom stereocenters. The highest BCUT2D eigenvalue weighted by Crippen LogP contribution is 2.17. The molecule has 2 aromatic heterocycles. The van der Waals surface area contributed by atoms with Crippen molar-refractivity contribution in [3.8, 4) is 5.69 Å². The van der Waals surface area contributed by atoms with E-state index in [1.54, 1.807) is 30.9 Å². The number of amides is 2. The van der Waals surface area contributed by atoms with Gasteiger partial charge in [-0.3, -0.25) is 4.98 Å². The zero-order valence-corrected chi connectivity index (χ0v) is 15.9. The lowest BCUT2D eigenvalue weighted by molar-refractivity contribution is -0.192. The number of alkyl halides is 3. The lowest BCUT2D eigenvalue weighted by Crippen LogP contribution is -2.21.